The van der Waals surface area contributed by atoms with Gasteiger partial charge in [0.1, 0.15) is 5.75 Å². The normalized spacial score (nSPS) is 11.1. The van der Waals surface area contributed by atoms with Gasteiger partial charge in [-0.3, -0.25) is 4.72 Å². The summed E-state index contributed by atoms with van der Waals surface area (Å²) in [4.78, 5) is 0.0491. The quantitative estimate of drug-likeness (QED) is 0.624. The molecule has 9 heteroatoms. The van der Waals surface area contributed by atoms with Crippen LogP contribution in [0.15, 0.2) is 47.4 Å². The van der Waals surface area contributed by atoms with E-state index in [2.05, 4.69) is 15.4 Å². The number of benzene rings is 2. The van der Waals surface area contributed by atoms with Crippen LogP contribution in [0.25, 0.3) is 0 Å². The Labute approximate surface area is 163 Å². The maximum atomic E-state index is 12.7. The SMILES string of the molecule is COc1ccc(S(=O)(=O)Nc2ccccc2Cl)cc1NC(=S)NC(C)C. The smallest absolute Gasteiger partial charge is 0.262 e. The molecule has 0 bridgehead atoms. The molecule has 0 unspecified atom stereocenters. The van der Waals surface area contributed by atoms with Crippen molar-refractivity contribution in [3.8, 4) is 5.75 Å². The summed E-state index contributed by atoms with van der Waals surface area (Å²) in [6.45, 7) is 3.89. The van der Waals surface area contributed by atoms with E-state index in [4.69, 9.17) is 28.6 Å². The van der Waals surface area contributed by atoms with Crippen molar-refractivity contribution >= 4 is 50.3 Å². The highest BCUT2D eigenvalue weighted by molar-refractivity contribution is 7.92. The molecule has 2 aromatic carbocycles. The molecule has 0 aliphatic heterocycles. The predicted octanol–water partition coefficient (Wildman–Crippen LogP) is 3.84. The summed E-state index contributed by atoms with van der Waals surface area (Å²) < 4.78 is 33.1. The van der Waals surface area contributed by atoms with Crippen molar-refractivity contribution < 1.29 is 13.2 Å². The fourth-order valence-electron chi connectivity index (χ4n) is 2.12. The number of nitrogens with one attached hydrogen (secondary N) is 3. The first-order valence-electron chi connectivity index (χ1n) is 7.76. The molecule has 0 fully saturated rings. The van der Waals surface area contributed by atoms with E-state index in [9.17, 15) is 8.42 Å². The molecule has 0 spiro atoms. The van der Waals surface area contributed by atoms with E-state index in [0.29, 0.717) is 27.3 Å². The lowest BCUT2D eigenvalue weighted by molar-refractivity contribution is 0.416. The van der Waals surface area contributed by atoms with Crippen LogP contribution in [-0.4, -0.2) is 26.7 Å². The molecular formula is C17H20ClN3O3S2. The maximum Gasteiger partial charge on any atom is 0.262 e. The molecule has 0 aliphatic rings. The number of hydrogen-bond acceptors (Lipinski definition) is 4. The van der Waals surface area contributed by atoms with E-state index < -0.39 is 10.0 Å². The second kappa shape index (κ2) is 8.57. The number of ether oxygens (including phenoxy) is 1. The Hall–Kier alpha value is -2.03. The first kappa shape index (κ1) is 20.3. The lowest BCUT2D eigenvalue weighted by atomic mass is 10.3. The monoisotopic (exact) mass is 413 g/mol. The van der Waals surface area contributed by atoms with Gasteiger partial charge in [0.15, 0.2) is 5.11 Å². The van der Waals surface area contributed by atoms with Crippen LogP contribution in [0.4, 0.5) is 11.4 Å². The van der Waals surface area contributed by atoms with Crippen LogP contribution in [0.5, 0.6) is 5.75 Å². The Kier molecular flexibility index (Phi) is 6.69. The first-order chi connectivity index (χ1) is 12.2. The lowest BCUT2D eigenvalue weighted by Crippen LogP contribution is -2.34. The van der Waals surface area contributed by atoms with Crippen LogP contribution in [0.3, 0.4) is 0 Å². The molecule has 0 aromatic heterocycles. The molecule has 0 saturated carbocycles. The average molecular weight is 414 g/mol. The lowest BCUT2D eigenvalue weighted by Gasteiger charge is -2.17. The van der Waals surface area contributed by atoms with Gasteiger partial charge in [-0.15, -0.1) is 0 Å². The van der Waals surface area contributed by atoms with Gasteiger partial charge in [0.2, 0.25) is 0 Å². The van der Waals surface area contributed by atoms with E-state index in [1.54, 1.807) is 30.3 Å². The van der Waals surface area contributed by atoms with E-state index >= 15 is 0 Å². The summed E-state index contributed by atoms with van der Waals surface area (Å²) in [6.07, 6.45) is 0. The van der Waals surface area contributed by atoms with Gasteiger partial charge in [-0.2, -0.15) is 0 Å². The van der Waals surface area contributed by atoms with E-state index in [0.717, 1.165) is 0 Å². The van der Waals surface area contributed by atoms with Crippen LogP contribution in [0, 0.1) is 0 Å². The number of methoxy groups -OCH3 is 1. The molecule has 0 heterocycles. The third-order valence-corrected chi connectivity index (χ3v) is 5.18. The van der Waals surface area contributed by atoms with Crippen molar-refractivity contribution in [2.75, 3.05) is 17.1 Å². The Bertz CT molecular complexity index is 902. The van der Waals surface area contributed by atoms with Crippen LogP contribution in [0.1, 0.15) is 13.8 Å². The zero-order valence-electron chi connectivity index (χ0n) is 14.5. The van der Waals surface area contributed by atoms with Crippen molar-refractivity contribution in [2.24, 2.45) is 0 Å². The van der Waals surface area contributed by atoms with Crippen molar-refractivity contribution in [3.63, 3.8) is 0 Å². The Morgan fingerprint density at radius 3 is 2.46 bits per heavy atom. The molecule has 0 amide bonds. The second-order valence-corrected chi connectivity index (χ2v) is 8.20. The molecule has 140 valence electrons. The molecular weight excluding hydrogens is 394 g/mol. The highest BCUT2D eigenvalue weighted by Gasteiger charge is 2.18. The standard InChI is InChI=1S/C17H20ClN3O3S2/c1-11(2)19-17(25)20-15-10-12(8-9-16(15)24-3)26(22,23)21-14-7-5-4-6-13(14)18/h4-11,21H,1-3H3,(H2,19,20,25). The van der Waals surface area contributed by atoms with Gasteiger partial charge in [0, 0.05) is 6.04 Å². The summed E-state index contributed by atoms with van der Waals surface area (Å²) in [6, 6.07) is 11.2. The third-order valence-electron chi connectivity index (χ3n) is 3.27. The number of para-hydroxylation sites is 1. The van der Waals surface area contributed by atoms with Gasteiger partial charge < -0.3 is 15.4 Å². The molecule has 0 aliphatic carbocycles. The third kappa shape index (κ3) is 5.23. The zero-order valence-corrected chi connectivity index (χ0v) is 16.9. The highest BCUT2D eigenvalue weighted by Crippen LogP contribution is 2.29. The van der Waals surface area contributed by atoms with Gasteiger partial charge in [-0.25, -0.2) is 8.42 Å². The van der Waals surface area contributed by atoms with Crippen LogP contribution in [0.2, 0.25) is 5.02 Å². The molecule has 0 atom stereocenters. The van der Waals surface area contributed by atoms with Gasteiger partial charge in [0.25, 0.3) is 10.0 Å². The van der Waals surface area contributed by atoms with Crippen molar-refractivity contribution in [1.29, 1.82) is 0 Å². The van der Waals surface area contributed by atoms with Gasteiger partial charge in [-0.05, 0) is 56.4 Å². The molecule has 0 saturated heterocycles. The number of thiocarbonyl (C=S) groups is 1. The Balaban J connectivity index is 2.33. The number of anilines is 2. The summed E-state index contributed by atoms with van der Waals surface area (Å²) in [7, 11) is -2.34. The minimum atomic E-state index is -3.84. The average Bonchev–Trinajstić information content (AvgIpc) is 2.56. The van der Waals surface area contributed by atoms with Crippen molar-refractivity contribution in [1.82, 2.24) is 5.32 Å². The molecule has 0 radical (unpaired) electrons. The summed E-state index contributed by atoms with van der Waals surface area (Å²) in [5, 5.41) is 6.67. The van der Waals surface area contributed by atoms with E-state index in [1.165, 1.54) is 19.2 Å². The number of rotatable bonds is 6. The fraction of sp³-hybridized carbons (Fsp3) is 0.235. The number of hydrogen-bond donors (Lipinski definition) is 3. The summed E-state index contributed by atoms with van der Waals surface area (Å²) in [5.41, 5.74) is 0.740. The number of halogens is 1. The molecule has 2 aromatic rings. The zero-order chi connectivity index (χ0) is 19.3. The number of sulfonamides is 1. The van der Waals surface area contributed by atoms with Crippen molar-refractivity contribution in [3.05, 3.63) is 47.5 Å². The van der Waals surface area contributed by atoms with Crippen LogP contribution >= 0.6 is 23.8 Å². The highest BCUT2D eigenvalue weighted by atomic mass is 35.5. The Morgan fingerprint density at radius 2 is 1.85 bits per heavy atom. The second-order valence-electron chi connectivity index (χ2n) is 5.70. The fourth-order valence-corrected chi connectivity index (χ4v) is 3.81. The minimum absolute atomic E-state index is 0.0491. The molecule has 26 heavy (non-hydrogen) atoms. The minimum Gasteiger partial charge on any atom is -0.495 e. The largest absolute Gasteiger partial charge is 0.495 e. The van der Waals surface area contributed by atoms with E-state index in [1.807, 2.05) is 13.8 Å². The maximum absolute atomic E-state index is 12.7. The molecule has 6 nitrogen and oxygen atoms in total. The molecule has 3 N–H and O–H groups in total. The van der Waals surface area contributed by atoms with Crippen LogP contribution < -0.4 is 20.1 Å². The van der Waals surface area contributed by atoms with Gasteiger partial charge >= 0.3 is 0 Å². The topological polar surface area (TPSA) is 79.5 Å². The van der Waals surface area contributed by atoms with Gasteiger partial charge in [-0.1, -0.05) is 23.7 Å². The van der Waals surface area contributed by atoms with Gasteiger partial charge in [0.05, 0.1) is 28.4 Å². The first-order valence-corrected chi connectivity index (χ1v) is 10.0. The molecule has 2 rings (SSSR count). The Morgan fingerprint density at radius 1 is 1.15 bits per heavy atom. The summed E-state index contributed by atoms with van der Waals surface area (Å²) in [5.74, 6) is 0.467. The van der Waals surface area contributed by atoms with E-state index in [-0.39, 0.29) is 10.9 Å². The van der Waals surface area contributed by atoms with Crippen molar-refractivity contribution in [2.45, 2.75) is 24.8 Å². The summed E-state index contributed by atoms with van der Waals surface area (Å²) >= 11 is 11.2. The predicted molar refractivity (Wildman–Crippen MR) is 110 cm³/mol. The van der Waals surface area contributed by atoms with Crippen LogP contribution in [-0.2, 0) is 10.0 Å².